The van der Waals surface area contributed by atoms with Crippen LogP contribution in [0.1, 0.15) is 0 Å². The number of ether oxygens (including phenoxy) is 1. The summed E-state index contributed by atoms with van der Waals surface area (Å²) in [6.45, 7) is 2.81. The number of hydrogen-bond donors (Lipinski definition) is 2. The van der Waals surface area contributed by atoms with Crippen LogP contribution >= 0.6 is 0 Å². The molecule has 6 heteroatoms. The maximum atomic E-state index is 12.4. The zero-order chi connectivity index (χ0) is 12.7. The van der Waals surface area contributed by atoms with Crippen molar-refractivity contribution in [3.05, 3.63) is 12.2 Å². The summed E-state index contributed by atoms with van der Waals surface area (Å²) in [6.07, 6.45) is 2.77. The summed E-state index contributed by atoms with van der Waals surface area (Å²) in [5.41, 5.74) is 0. The molecule has 0 spiro atoms. The summed E-state index contributed by atoms with van der Waals surface area (Å²) in [7, 11) is 0. The first kappa shape index (κ1) is 11.7. The quantitative estimate of drug-likeness (QED) is 0.621. The topological polar surface area (TPSA) is 78.9 Å². The number of amides is 1. The summed E-state index contributed by atoms with van der Waals surface area (Å²) in [4.78, 5) is 25.5. The van der Waals surface area contributed by atoms with Crippen LogP contribution in [0, 0.1) is 11.8 Å². The van der Waals surface area contributed by atoms with E-state index in [2.05, 4.69) is 5.32 Å². The molecule has 0 aliphatic carbocycles. The number of carboxylic acid groups (broad SMARTS) is 1. The molecular weight excluding hydrogens is 236 g/mol. The molecule has 3 aliphatic heterocycles. The number of rotatable bonds is 2. The number of carboxylic acids is 1. The van der Waals surface area contributed by atoms with Crippen LogP contribution in [-0.4, -0.2) is 60.3 Å². The summed E-state index contributed by atoms with van der Waals surface area (Å²) in [5.74, 6) is -2.32. The highest BCUT2D eigenvalue weighted by molar-refractivity contribution is 5.87. The fourth-order valence-electron chi connectivity index (χ4n) is 2.99. The molecular formula is C12H16N2O4. The second-order valence-electron chi connectivity index (χ2n) is 4.92. The average Bonchev–Trinajstić information content (AvgIpc) is 2.99. The van der Waals surface area contributed by atoms with Gasteiger partial charge in [0.15, 0.2) is 0 Å². The van der Waals surface area contributed by atoms with Gasteiger partial charge in [0, 0.05) is 26.2 Å². The first-order valence-electron chi connectivity index (χ1n) is 6.24. The summed E-state index contributed by atoms with van der Waals surface area (Å²) in [6, 6.07) is 0. The van der Waals surface area contributed by atoms with E-state index >= 15 is 0 Å². The third-order valence-electron chi connectivity index (χ3n) is 3.90. The molecule has 0 aromatic rings. The highest BCUT2D eigenvalue weighted by Gasteiger charge is 2.54. The minimum Gasteiger partial charge on any atom is -0.481 e. The number of carbonyl (C=O) groups excluding carboxylic acids is 1. The number of carbonyl (C=O) groups is 2. The predicted molar refractivity (Wildman–Crippen MR) is 61.9 cm³/mol. The Labute approximate surface area is 105 Å². The number of nitrogens with one attached hydrogen (secondary N) is 1. The Bertz CT molecular complexity index is 403. The van der Waals surface area contributed by atoms with Crippen LogP contribution in [-0.2, 0) is 14.3 Å². The first-order valence-corrected chi connectivity index (χ1v) is 6.24. The van der Waals surface area contributed by atoms with Crippen molar-refractivity contribution in [3.63, 3.8) is 0 Å². The standard InChI is InChI=1S/C12H16N2O4/c15-11(14-5-3-13-4-6-14)9-7-1-2-8(18-7)10(9)12(16)17/h1-2,7-10,13H,3-6H2,(H,16,17)/t7-,8-,9?,10?/m0/s1. The van der Waals surface area contributed by atoms with Crippen molar-refractivity contribution in [2.45, 2.75) is 12.2 Å². The van der Waals surface area contributed by atoms with Crippen molar-refractivity contribution < 1.29 is 19.4 Å². The van der Waals surface area contributed by atoms with Crippen molar-refractivity contribution in [3.8, 4) is 0 Å². The van der Waals surface area contributed by atoms with Gasteiger partial charge in [0.2, 0.25) is 5.91 Å². The Balaban J connectivity index is 1.79. The van der Waals surface area contributed by atoms with Crippen LogP contribution in [0.25, 0.3) is 0 Å². The van der Waals surface area contributed by atoms with Crippen LogP contribution in [0.15, 0.2) is 12.2 Å². The minimum atomic E-state index is -0.944. The smallest absolute Gasteiger partial charge is 0.310 e. The molecule has 0 radical (unpaired) electrons. The monoisotopic (exact) mass is 252 g/mol. The van der Waals surface area contributed by atoms with E-state index in [1.807, 2.05) is 6.08 Å². The van der Waals surface area contributed by atoms with Crippen molar-refractivity contribution in [1.29, 1.82) is 0 Å². The van der Waals surface area contributed by atoms with E-state index in [1.54, 1.807) is 11.0 Å². The van der Waals surface area contributed by atoms with E-state index in [1.165, 1.54) is 0 Å². The van der Waals surface area contributed by atoms with Crippen molar-refractivity contribution in [1.82, 2.24) is 10.2 Å². The molecule has 2 fully saturated rings. The average molecular weight is 252 g/mol. The van der Waals surface area contributed by atoms with Gasteiger partial charge in [0.25, 0.3) is 0 Å². The predicted octanol–water partition coefficient (Wildman–Crippen LogP) is -0.928. The third kappa shape index (κ3) is 1.72. The molecule has 3 rings (SSSR count). The van der Waals surface area contributed by atoms with Gasteiger partial charge < -0.3 is 20.1 Å². The molecule has 3 aliphatic rings. The number of piperazine rings is 1. The fourth-order valence-corrected chi connectivity index (χ4v) is 2.99. The molecule has 1 amide bonds. The molecule has 2 saturated heterocycles. The normalized spacial score (nSPS) is 38.1. The summed E-state index contributed by atoms with van der Waals surface area (Å²) >= 11 is 0. The van der Waals surface area contributed by atoms with E-state index in [-0.39, 0.29) is 12.0 Å². The highest BCUT2D eigenvalue weighted by atomic mass is 16.5. The molecule has 3 heterocycles. The number of nitrogens with zero attached hydrogens (tertiary/aromatic N) is 1. The highest BCUT2D eigenvalue weighted by Crippen LogP contribution is 2.40. The SMILES string of the molecule is O=C(O)C1C(C(=O)N2CCNCC2)[C@@H]2C=C[C@@H]1O2. The molecule has 0 aromatic heterocycles. The van der Waals surface area contributed by atoms with Crippen LogP contribution in [0.2, 0.25) is 0 Å². The Morgan fingerprint density at radius 1 is 1.17 bits per heavy atom. The number of fused-ring (bicyclic) bond motifs is 2. The lowest BCUT2D eigenvalue weighted by Crippen LogP contribution is -2.51. The maximum Gasteiger partial charge on any atom is 0.310 e. The van der Waals surface area contributed by atoms with Gasteiger partial charge in [-0.2, -0.15) is 0 Å². The van der Waals surface area contributed by atoms with Gasteiger partial charge in [-0.3, -0.25) is 9.59 Å². The van der Waals surface area contributed by atoms with Gasteiger partial charge in [-0.1, -0.05) is 12.2 Å². The second-order valence-corrected chi connectivity index (χ2v) is 4.92. The van der Waals surface area contributed by atoms with Crippen molar-refractivity contribution in [2.75, 3.05) is 26.2 Å². The van der Waals surface area contributed by atoms with Crippen molar-refractivity contribution >= 4 is 11.9 Å². The molecule has 0 saturated carbocycles. The van der Waals surface area contributed by atoms with Gasteiger partial charge in [-0.15, -0.1) is 0 Å². The van der Waals surface area contributed by atoms with Crippen molar-refractivity contribution in [2.24, 2.45) is 11.8 Å². The largest absolute Gasteiger partial charge is 0.481 e. The zero-order valence-corrected chi connectivity index (χ0v) is 9.91. The van der Waals surface area contributed by atoms with E-state index < -0.39 is 23.9 Å². The molecule has 18 heavy (non-hydrogen) atoms. The van der Waals surface area contributed by atoms with Gasteiger partial charge in [0.05, 0.1) is 18.1 Å². The second kappa shape index (κ2) is 4.37. The third-order valence-corrected chi connectivity index (χ3v) is 3.90. The van der Waals surface area contributed by atoms with E-state index in [0.717, 1.165) is 13.1 Å². The molecule has 98 valence electrons. The van der Waals surface area contributed by atoms with Gasteiger partial charge in [-0.05, 0) is 0 Å². The molecule has 2 N–H and O–H groups in total. The van der Waals surface area contributed by atoms with Crippen LogP contribution in [0.4, 0.5) is 0 Å². The molecule has 6 nitrogen and oxygen atoms in total. The van der Waals surface area contributed by atoms with E-state index in [9.17, 15) is 14.7 Å². The molecule has 2 unspecified atom stereocenters. The Kier molecular flexibility index (Phi) is 2.83. The minimum absolute atomic E-state index is 0.0826. The Morgan fingerprint density at radius 3 is 2.39 bits per heavy atom. The molecule has 2 bridgehead atoms. The lowest BCUT2D eigenvalue weighted by atomic mass is 9.82. The van der Waals surface area contributed by atoms with Gasteiger partial charge >= 0.3 is 5.97 Å². The van der Waals surface area contributed by atoms with Gasteiger partial charge in [-0.25, -0.2) is 0 Å². The number of aliphatic carboxylic acids is 1. The first-order chi connectivity index (χ1) is 8.68. The summed E-state index contributed by atoms with van der Waals surface area (Å²) < 4.78 is 5.52. The Hall–Kier alpha value is -1.40. The molecule has 4 atom stereocenters. The summed E-state index contributed by atoms with van der Waals surface area (Å²) in [5, 5.41) is 12.4. The maximum absolute atomic E-state index is 12.4. The van der Waals surface area contributed by atoms with Crippen LogP contribution in [0.3, 0.4) is 0 Å². The van der Waals surface area contributed by atoms with E-state index in [4.69, 9.17) is 4.74 Å². The number of hydrogen-bond acceptors (Lipinski definition) is 4. The van der Waals surface area contributed by atoms with Crippen LogP contribution < -0.4 is 5.32 Å². The van der Waals surface area contributed by atoms with Crippen LogP contribution in [0.5, 0.6) is 0 Å². The lowest BCUT2D eigenvalue weighted by Gasteiger charge is -2.32. The Morgan fingerprint density at radius 2 is 1.78 bits per heavy atom. The fraction of sp³-hybridized carbons (Fsp3) is 0.667. The van der Waals surface area contributed by atoms with E-state index in [0.29, 0.717) is 13.1 Å². The van der Waals surface area contributed by atoms with Gasteiger partial charge in [0.1, 0.15) is 5.92 Å². The lowest BCUT2D eigenvalue weighted by molar-refractivity contribution is -0.149. The molecule has 0 aromatic carbocycles. The zero-order valence-electron chi connectivity index (χ0n) is 9.91.